The van der Waals surface area contributed by atoms with Crippen LogP contribution in [0, 0.1) is 0 Å². The third-order valence-corrected chi connectivity index (χ3v) is 6.47. The molecule has 36 heavy (non-hydrogen) atoms. The molecule has 3 aromatic carbocycles. The molecule has 0 spiro atoms. The Morgan fingerprint density at radius 2 is 1.64 bits per heavy atom. The molecule has 1 heterocycles. The van der Waals surface area contributed by atoms with Gasteiger partial charge in [0.1, 0.15) is 5.56 Å². The summed E-state index contributed by atoms with van der Waals surface area (Å²) in [7, 11) is -3.82. The molecule has 3 N–H and O–H groups in total. The number of carbonyl (C=O) groups is 1. The van der Waals surface area contributed by atoms with Crippen molar-refractivity contribution in [1.82, 2.24) is 9.88 Å². The second-order valence-corrected chi connectivity index (χ2v) is 9.56. The summed E-state index contributed by atoms with van der Waals surface area (Å²) in [4.78, 5) is 26.2. The van der Waals surface area contributed by atoms with Crippen molar-refractivity contribution in [3.63, 3.8) is 0 Å². The minimum atomic E-state index is -4.60. The first-order chi connectivity index (χ1) is 16.9. The number of pyridine rings is 1. The van der Waals surface area contributed by atoms with Gasteiger partial charge in [-0.05, 0) is 59.8 Å². The Labute approximate surface area is 204 Å². The van der Waals surface area contributed by atoms with Gasteiger partial charge in [0.05, 0.1) is 16.0 Å². The van der Waals surface area contributed by atoms with Crippen LogP contribution in [0.2, 0.25) is 0 Å². The van der Waals surface area contributed by atoms with Gasteiger partial charge >= 0.3 is 6.18 Å². The van der Waals surface area contributed by atoms with Crippen molar-refractivity contribution < 1.29 is 26.4 Å². The monoisotopic (exact) mass is 515 g/mol. The van der Waals surface area contributed by atoms with Crippen LogP contribution in [0.25, 0.3) is 16.6 Å². The number of sulfonamides is 1. The Bertz CT molecular complexity index is 1610. The van der Waals surface area contributed by atoms with Gasteiger partial charge in [-0.3, -0.25) is 14.2 Å². The number of benzene rings is 3. The van der Waals surface area contributed by atoms with Crippen molar-refractivity contribution in [3.05, 3.63) is 106 Å². The maximum Gasteiger partial charge on any atom is 0.416 e. The van der Waals surface area contributed by atoms with Gasteiger partial charge in [0, 0.05) is 12.2 Å². The highest BCUT2D eigenvalue weighted by atomic mass is 32.2. The molecule has 7 nitrogen and oxygen atoms in total. The Morgan fingerprint density at radius 3 is 2.31 bits per heavy atom. The molecule has 4 aromatic rings. The van der Waals surface area contributed by atoms with Gasteiger partial charge in [-0.15, -0.1) is 0 Å². The van der Waals surface area contributed by atoms with Crippen LogP contribution >= 0.6 is 0 Å². The molecule has 1 amide bonds. The molecule has 0 atom stereocenters. The lowest BCUT2D eigenvalue weighted by atomic mass is 10.1. The molecule has 0 aliphatic rings. The number of para-hydroxylation sites is 1. The SMILES string of the molecule is NS(=O)(=O)c1ccc(CCNC(=O)c2cc3ccccc3n(-c3cccc(C(F)(F)F)c3)c2=O)cc1. The number of hydrogen-bond acceptors (Lipinski definition) is 4. The van der Waals surface area contributed by atoms with E-state index in [1.807, 2.05) is 0 Å². The molecule has 0 aliphatic carbocycles. The molecule has 0 bridgehead atoms. The molecule has 0 saturated heterocycles. The lowest BCUT2D eigenvalue weighted by Gasteiger charge is -2.15. The number of hydrogen-bond donors (Lipinski definition) is 2. The Morgan fingerprint density at radius 1 is 0.944 bits per heavy atom. The second-order valence-electron chi connectivity index (χ2n) is 8.00. The van der Waals surface area contributed by atoms with E-state index in [2.05, 4.69) is 5.32 Å². The lowest BCUT2D eigenvalue weighted by Crippen LogP contribution is -2.33. The number of rotatable bonds is 6. The quantitative estimate of drug-likeness (QED) is 0.409. The van der Waals surface area contributed by atoms with Crippen LogP contribution in [-0.2, 0) is 22.6 Å². The van der Waals surface area contributed by atoms with Crippen molar-refractivity contribution >= 4 is 26.8 Å². The molecular weight excluding hydrogens is 495 g/mol. The third kappa shape index (κ3) is 5.31. The average molecular weight is 516 g/mol. The van der Waals surface area contributed by atoms with Gasteiger partial charge in [-0.1, -0.05) is 36.4 Å². The molecule has 11 heteroatoms. The van der Waals surface area contributed by atoms with Crippen molar-refractivity contribution in [3.8, 4) is 5.69 Å². The predicted octanol–water partition coefficient (Wildman–Crippen LogP) is 3.63. The Balaban J connectivity index is 1.64. The molecule has 0 unspecified atom stereocenters. The van der Waals surface area contributed by atoms with E-state index in [1.54, 1.807) is 36.4 Å². The van der Waals surface area contributed by atoms with Crippen molar-refractivity contribution in [2.75, 3.05) is 6.54 Å². The van der Waals surface area contributed by atoms with Gasteiger partial charge < -0.3 is 5.32 Å². The van der Waals surface area contributed by atoms with Crippen molar-refractivity contribution in [2.45, 2.75) is 17.5 Å². The van der Waals surface area contributed by atoms with Crippen LogP contribution in [0.15, 0.2) is 88.6 Å². The van der Waals surface area contributed by atoms with E-state index in [0.717, 1.165) is 22.3 Å². The van der Waals surface area contributed by atoms with Crippen LogP contribution in [0.5, 0.6) is 0 Å². The minimum absolute atomic E-state index is 0.0179. The van der Waals surface area contributed by atoms with E-state index < -0.39 is 33.2 Å². The van der Waals surface area contributed by atoms with E-state index in [4.69, 9.17) is 5.14 Å². The Kier molecular flexibility index (Phi) is 6.70. The lowest BCUT2D eigenvalue weighted by molar-refractivity contribution is -0.137. The van der Waals surface area contributed by atoms with Crippen molar-refractivity contribution in [1.29, 1.82) is 0 Å². The zero-order valence-electron chi connectivity index (χ0n) is 18.6. The summed E-state index contributed by atoms with van der Waals surface area (Å²) in [5.74, 6) is -0.687. The zero-order chi connectivity index (χ0) is 26.1. The summed E-state index contributed by atoms with van der Waals surface area (Å²) < 4.78 is 63.6. The van der Waals surface area contributed by atoms with Crippen LogP contribution in [0.3, 0.4) is 0 Å². The van der Waals surface area contributed by atoms with Crippen LogP contribution < -0.4 is 16.0 Å². The number of fused-ring (bicyclic) bond motifs is 1. The number of primary sulfonamides is 1. The molecule has 0 fully saturated rings. The summed E-state index contributed by atoms with van der Waals surface area (Å²) in [6.07, 6.45) is -4.26. The highest BCUT2D eigenvalue weighted by Crippen LogP contribution is 2.30. The van der Waals surface area contributed by atoms with Crippen LogP contribution in [-0.4, -0.2) is 25.4 Å². The van der Waals surface area contributed by atoms with Gasteiger partial charge in [-0.25, -0.2) is 13.6 Å². The van der Waals surface area contributed by atoms with Gasteiger partial charge in [-0.2, -0.15) is 13.2 Å². The first kappa shape index (κ1) is 25.1. The van der Waals surface area contributed by atoms with Crippen LogP contribution in [0.4, 0.5) is 13.2 Å². The standard InChI is InChI=1S/C25H20F3N3O4S/c26-25(27,28)18-5-3-6-19(15-18)31-22-7-2-1-4-17(22)14-21(24(31)33)23(32)30-13-12-16-8-10-20(11-9-16)36(29,34)35/h1-11,14-15H,12-13H2,(H,30,32)(H2,29,34,35). The number of aromatic nitrogens is 1. The number of nitrogens with one attached hydrogen (secondary N) is 1. The number of alkyl halides is 3. The second kappa shape index (κ2) is 9.59. The number of amides is 1. The molecule has 0 aliphatic heterocycles. The fraction of sp³-hybridized carbons (Fsp3) is 0.120. The van der Waals surface area contributed by atoms with Crippen molar-refractivity contribution in [2.24, 2.45) is 5.14 Å². The molecule has 186 valence electrons. The first-order valence-electron chi connectivity index (χ1n) is 10.7. The van der Waals surface area contributed by atoms with E-state index in [-0.39, 0.29) is 22.7 Å². The number of halogens is 3. The van der Waals surface area contributed by atoms with E-state index in [9.17, 15) is 31.2 Å². The smallest absolute Gasteiger partial charge is 0.352 e. The zero-order valence-corrected chi connectivity index (χ0v) is 19.4. The maximum absolute atomic E-state index is 13.3. The first-order valence-corrected chi connectivity index (χ1v) is 12.2. The van der Waals surface area contributed by atoms with Gasteiger partial charge in [0.2, 0.25) is 10.0 Å². The molecular formula is C25H20F3N3O4S. The normalized spacial score (nSPS) is 12.0. The summed E-state index contributed by atoms with van der Waals surface area (Å²) in [6.45, 7) is 0.128. The fourth-order valence-corrected chi connectivity index (χ4v) is 4.28. The van der Waals surface area contributed by atoms with E-state index >= 15 is 0 Å². The minimum Gasteiger partial charge on any atom is -0.352 e. The highest BCUT2D eigenvalue weighted by Gasteiger charge is 2.31. The average Bonchev–Trinajstić information content (AvgIpc) is 2.83. The third-order valence-electron chi connectivity index (χ3n) is 5.54. The fourth-order valence-electron chi connectivity index (χ4n) is 3.76. The molecule has 4 rings (SSSR count). The summed E-state index contributed by atoms with van der Waals surface area (Å²) in [5.41, 5.74) is -0.843. The topological polar surface area (TPSA) is 111 Å². The number of nitrogens with zero attached hydrogens (tertiary/aromatic N) is 1. The number of carbonyl (C=O) groups excluding carboxylic acids is 1. The largest absolute Gasteiger partial charge is 0.416 e. The number of nitrogens with two attached hydrogens (primary N) is 1. The summed E-state index contributed by atoms with van der Waals surface area (Å²) in [5, 5.41) is 8.21. The van der Waals surface area contributed by atoms with E-state index in [0.29, 0.717) is 17.3 Å². The highest BCUT2D eigenvalue weighted by molar-refractivity contribution is 7.89. The summed E-state index contributed by atoms with van der Waals surface area (Å²) in [6, 6.07) is 18.1. The molecule has 1 aromatic heterocycles. The van der Waals surface area contributed by atoms with Crippen LogP contribution in [0.1, 0.15) is 21.5 Å². The Hall–Kier alpha value is -3.96. The van der Waals surface area contributed by atoms with E-state index in [1.165, 1.54) is 30.3 Å². The molecule has 0 saturated carbocycles. The summed E-state index contributed by atoms with van der Waals surface area (Å²) >= 11 is 0. The molecule has 0 radical (unpaired) electrons. The predicted molar refractivity (Wildman–Crippen MR) is 128 cm³/mol. The van der Waals surface area contributed by atoms with Gasteiger partial charge in [0.25, 0.3) is 11.5 Å². The van der Waals surface area contributed by atoms with Gasteiger partial charge in [0.15, 0.2) is 0 Å². The maximum atomic E-state index is 13.3.